The molecule has 0 unspecified atom stereocenters. The van der Waals surface area contributed by atoms with E-state index in [2.05, 4.69) is 20.3 Å². The average molecular weight is 574 g/mol. The molecule has 11 heteroatoms. The molecule has 2 aromatic heterocycles. The molecule has 6 rings (SSSR count). The van der Waals surface area contributed by atoms with Gasteiger partial charge >= 0.3 is 12.3 Å². The van der Waals surface area contributed by atoms with Crippen molar-refractivity contribution in [1.29, 1.82) is 0 Å². The highest BCUT2D eigenvalue weighted by Gasteiger charge is 2.36. The molecule has 1 aliphatic rings. The summed E-state index contributed by atoms with van der Waals surface area (Å²) in [6.07, 6.45) is -2.16. The highest BCUT2D eigenvalue weighted by atomic mass is 19.4. The summed E-state index contributed by atoms with van der Waals surface area (Å²) in [6.45, 7) is 0.608. The normalized spacial score (nSPS) is 15.5. The van der Waals surface area contributed by atoms with Crippen LogP contribution in [0.3, 0.4) is 0 Å². The van der Waals surface area contributed by atoms with Crippen LogP contribution in [0.4, 0.5) is 23.9 Å². The molecule has 0 saturated carbocycles. The number of benzene rings is 3. The fourth-order valence-electron chi connectivity index (χ4n) is 5.18. The maximum atomic E-state index is 14.1. The molecule has 3 N–H and O–H groups in total. The Balaban J connectivity index is 1.31. The zero-order valence-electron chi connectivity index (χ0n) is 22.2. The van der Waals surface area contributed by atoms with E-state index in [1.807, 2.05) is 66.7 Å². The number of carbonyl (C=O) groups is 1. The molecule has 3 heterocycles. The van der Waals surface area contributed by atoms with Crippen molar-refractivity contribution in [2.75, 3.05) is 18.4 Å². The van der Waals surface area contributed by atoms with Crippen molar-refractivity contribution in [3.05, 3.63) is 90.8 Å². The van der Waals surface area contributed by atoms with E-state index in [1.54, 1.807) is 6.07 Å². The lowest BCUT2D eigenvalue weighted by molar-refractivity contribution is -0.137. The van der Waals surface area contributed by atoms with Crippen molar-refractivity contribution in [2.45, 2.75) is 25.1 Å². The first-order chi connectivity index (χ1) is 20.2. The second kappa shape index (κ2) is 11.1. The second-order valence-corrected chi connectivity index (χ2v) is 10.1. The molecule has 1 fully saturated rings. The van der Waals surface area contributed by atoms with Crippen LogP contribution in [0.1, 0.15) is 18.4 Å². The Hall–Kier alpha value is -5.06. The zero-order chi connectivity index (χ0) is 29.3. The maximum absolute atomic E-state index is 14.1. The summed E-state index contributed by atoms with van der Waals surface area (Å²) < 4.78 is 48.1. The molecule has 8 nitrogen and oxygen atoms in total. The molecule has 1 saturated heterocycles. The van der Waals surface area contributed by atoms with E-state index in [0.717, 1.165) is 17.3 Å². The largest absolute Gasteiger partial charge is 0.465 e. The predicted molar refractivity (Wildman–Crippen MR) is 153 cm³/mol. The topological polar surface area (TPSA) is 103 Å². The van der Waals surface area contributed by atoms with Crippen LogP contribution >= 0.6 is 0 Å². The Labute approximate surface area is 238 Å². The molecule has 0 bridgehead atoms. The lowest BCUT2D eigenvalue weighted by atomic mass is 10.0. The number of para-hydroxylation sites is 1. The molecular weight excluding hydrogens is 547 g/mol. The van der Waals surface area contributed by atoms with Gasteiger partial charge in [-0.3, -0.25) is 0 Å². The first-order valence-corrected chi connectivity index (χ1v) is 13.4. The zero-order valence-corrected chi connectivity index (χ0v) is 22.2. The summed E-state index contributed by atoms with van der Waals surface area (Å²) in [5, 5.41) is 12.9. The fraction of sp³-hybridized carbons (Fsp3) is 0.194. The number of aromatic amines is 1. The number of anilines is 1. The number of H-pyrrole nitrogens is 1. The number of hydrogen-bond acceptors (Lipinski definition) is 5. The van der Waals surface area contributed by atoms with Gasteiger partial charge < -0.3 is 25.0 Å². The van der Waals surface area contributed by atoms with Gasteiger partial charge in [0.2, 0.25) is 5.95 Å². The third kappa shape index (κ3) is 5.71. The number of amides is 1. The Bertz CT molecular complexity index is 1740. The average Bonchev–Trinajstić information content (AvgIpc) is 3.41. The predicted octanol–water partition coefficient (Wildman–Crippen LogP) is 7.66. The van der Waals surface area contributed by atoms with Crippen LogP contribution in [0.15, 0.2) is 85.2 Å². The van der Waals surface area contributed by atoms with Crippen molar-refractivity contribution < 1.29 is 27.8 Å². The van der Waals surface area contributed by atoms with Crippen LogP contribution in [0.25, 0.3) is 33.3 Å². The SMILES string of the molecule is O=C(O)N1CCC[C@H](Nc2ncc(C(F)(F)F)c(-c3c[nH]c4cc(-c5cccc(Oc6ccccc6)c5)ccc34)n2)C1. The Kier molecular flexibility index (Phi) is 7.15. The van der Waals surface area contributed by atoms with Crippen molar-refractivity contribution in [3.63, 3.8) is 0 Å². The van der Waals surface area contributed by atoms with E-state index < -0.39 is 17.8 Å². The van der Waals surface area contributed by atoms with Crippen molar-refractivity contribution >= 4 is 22.9 Å². The summed E-state index contributed by atoms with van der Waals surface area (Å²) >= 11 is 0. The molecule has 0 spiro atoms. The van der Waals surface area contributed by atoms with Gasteiger partial charge in [0.25, 0.3) is 0 Å². The molecule has 214 valence electrons. The van der Waals surface area contributed by atoms with Crippen molar-refractivity contribution in [2.24, 2.45) is 0 Å². The molecule has 5 aromatic rings. The number of piperidine rings is 1. The van der Waals surface area contributed by atoms with Gasteiger partial charge in [-0.25, -0.2) is 14.8 Å². The number of likely N-dealkylation sites (tertiary alicyclic amines) is 1. The summed E-state index contributed by atoms with van der Waals surface area (Å²) in [5.74, 6) is 1.38. The highest BCUT2D eigenvalue weighted by molar-refractivity contribution is 5.97. The third-order valence-electron chi connectivity index (χ3n) is 7.20. The number of alkyl halides is 3. The smallest absolute Gasteiger partial charge is 0.419 e. The van der Waals surface area contributed by atoms with Gasteiger partial charge in [0.15, 0.2) is 0 Å². The monoisotopic (exact) mass is 573 g/mol. The minimum Gasteiger partial charge on any atom is -0.465 e. The van der Waals surface area contributed by atoms with Gasteiger partial charge in [-0.05, 0) is 54.3 Å². The van der Waals surface area contributed by atoms with E-state index in [9.17, 15) is 23.1 Å². The number of aromatic nitrogens is 3. The highest BCUT2D eigenvalue weighted by Crippen LogP contribution is 2.39. The van der Waals surface area contributed by atoms with Crippen LogP contribution < -0.4 is 10.1 Å². The molecule has 3 aromatic carbocycles. The standard InChI is InChI=1S/C31H26F3N5O3/c32-31(33,34)26-17-36-29(37-21-7-5-13-39(18-21)30(40)41)38-28(26)25-16-35-27-15-20(11-12-24(25)27)19-6-4-10-23(14-19)42-22-8-2-1-3-9-22/h1-4,6,8-12,14-17,21,35H,5,7,13,18H2,(H,40,41)(H,36,37,38)/t21-/m0/s1. The van der Waals surface area contributed by atoms with Crippen LogP contribution in [0.2, 0.25) is 0 Å². The van der Waals surface area contributed by atoms with Gasteiger partial charge in [0.1, 0.15) is 17.1 Å². The molecule has 1 aliphatic heterocycles. The number of hydrogen-bond donors (Lipinski definition) is 3. The van der Waals surface area contributed by atoms with Crippen LogP contribution in [-0.4, -0.2) is 50.2 Å². The van der Waals surface area contributed by atoms with E-state index in [0.29, 0.717) is 41.8 Å². The van der Waals surface area contributed by atoms with Crippen LogP contribution in [0.5, 0.6) is 11.5 Å². The second-order valence-electron chi connectivity index (χ2n) is 10.1. The quantitative estimate of drug-likeness (QED) is 0.193. The minimum atomic E-state index is -4.68. The Morgan fingerprint density at radius 3 is 2.60 bits per heavy atom. The summed E-state index contributed by atoms with van der Waals surface area (Å²) in [6, 6.07) is 22.2. The Morgan fingerprint density at radius 1 is 1.02 bits per heavy atom. The minimum absolute atomic E-state index is 0.0106. The molecule has 0 aliphatic carbocycles. The molecule has 0 radical (unpaired) electrons. The van der Waals surface area contributed by atoms with Crippen LogP contribution in [-0.2, 0) is 6.18 Å². The fourth-order valence-corrected chi connectivity index (χ4v) is 5.18. The summed E-state index contributed by atoms with van der Waals surface area (Å²) in [5.41, 5.74) is 1.45. The molecule has 1 amide bonds. The summed E-state index contributed by atoms with van der Waals surface area (Å²) in [4.78, 5) is 24.0. The number of nitrogens with one attached hydrogen (secondary N) is 2. The maximum Gasteiger partial charge on any atom is 0.419 e. The number of fused-ring (bicyclic) bond motifs is 1. The molecule has 1 atom stereocenters. The van der Waals surface area contributed by atoms with Gasteiger partial charge in [-0.2, -0.15) is 13.2 Å². The lowest BCUT2D eigenvalue weighted by Gasteiger charge is -2.31. The molecule has 42 heavy (non-hydrogen) atoms. The lowest BCUT2D eigenvalue weighted by Crippen LogP contribution is -2.44. The number of halogens is 3. The first-order valence-electron chi connectivity index (χ1n) is 13.4. The number of rotatable bonds is 6. The van der Waals surface area contributed by atoms with Crippen molar-refractivity contribution in [3.8, 4) is 33.9 Å². The van der Waals surface area contributed by atoms with Gasteiger partial charge in [-0.1, -0.05) is 42.5 Å². The van der Waals surface area contributed by atoms with E-state index in [4.69, 9.17) is 4.74 Å². The van der Waals surface area contributed by atoms with Gasteiger partial charge in [-0.15, -0.1) is 0 Å². The van der Waals surface area contributed by atoms with E-state index >= 15 is 0 Å². The van der Waals surface area contributed by atoms with Gasteiger partial charge in [0, 0.05) is 48.0 Å². The van der Waals surface area contributed by atoms with E-state index in [1.165, 1.54) is 11.1 Å². The number of ether oxygens (including phenoxy) is 1. The van der Waals surface area contributed by atoms with Crippen LogP contribution in [0, 0.1) is 0 Å². The molecular formula is C31H26F3N5O3. The number of carboxylic acid groups (broad SMARTS) is 1. The number of nitrogens with zero attached hydrogens (tertiary/aromatic N) is 3. The van der Waals surface area contributed by atoms with Gasteiger partial charge in [0.05, 0.1) is 5.69 Å². The van der Waals surface area contributed by atoms with E-state index in [-0.39, 0.29) is 29.8 Å². The summed E-state index contributed by atoms with van der Waals surface area (Å²) in [7, 11) is 0. The Morgan fingerprint density at radius 2 is 1.81 bits per heavy atom. The first kappa shape index (κ1) is 27.1. The van der Waals surface area contributed by atoms with Crippen molar-refractivity contribution in [1.82, 2.24) is 19.9 Å². The third-order valence-corrected chi connectivity index (χ3v) is 7.20.